The van der Waals surface area contributed by atoms with Crippen LogP contribution in [0.4, 0.5) is 0 Å². The molecule has 0 saturated carbocycles. The number of hydrogen-bond donors (Lipinski definition) is 1. The molecule has 1 N–H and O–H groups in total. The van der Waals surface area contributed by atoms with Gasteiger partial charge in [-0.15, -0.1) is 0 Å². The van der Waals surface area contributed by atoms with Gasteiger partial charge >= 0.3 is 5.97 Å². The zero-order valence-electron chi connectivity index (χ0n) is 10.8. The summed E-state index contributed by atoms with van der Waals surface area (Å²) in [4.78, 5) is 11.2. The maximum Gasteiger partial charge on any atom is 0.333 e. The first-order valence-corrected chi connectivity index (χ1v) is 6.66. The molecule has 0 aromatic heterocycles. The molecule has 0 aliphatic rings. The van der Waals surface area contributed by atoms with Gasteiger partial charge in [0.1, 0.15) is 0 Å². The van der Waals surface area contributed by atoms with E-state index >= 15 is 0 Å². The molecule has 0 radical (unpaired) electrons. The van der Waals surface area contributed by atoms with Crippen LogP contribution in [0.25, 0.3) is 0 Å². The molecule has 0 spiro atoms. The predicted octanol–water partition coefficient (Wildman–Crippen LogP) is 3.55. The molecule has 0 aliphatic heterocycles. The van der Waals surface area contributed by atoms with E-state index in [0.29, 0.717) is 11.4 Å². The largest absolute Gasteiger partial charge is 0.479 e. The van der Waals surface area contributed by atoms with Crippen molar-refractivity contribution in [2.45, 2.75) is 19.1 Å². The van der Waals surface area contributed by atoms with E-state index in [-0.39, 0.29) is 6.61 Å². The Morgan fingerprint density at radius 3 is 2.30 bits per heavy atom. The van der Waals surface area contributed by atoms with Crippen LogP contribution in [0.15, 0.2) is 54.6 Å². The number of carbonyl (C=O) groups is 1. The smallest absolute Gasteiger partial charge is 0.333 e. The molecule has 1 unspecified atom stereocenters. The van der Waals surface area contributed by atoms with Crippen LogP contribution in [-0.2, 0) is 22.6 Å². The van der Waals surface area contributed by atoms with Crippen LogP contribution in [0.1, 0.15) is 11.1 Å². The Balaban J connectivity index is 1.97. The number of carboxylic acid groups (broad SMARTS) is 1. The van der Waals surface area contributed by atoms with Crippen molar-refractivity contribution in [3.05, 3.63) is 70.7 Å². The van der Waals surface area contributed by atoms with E-state index in [1.54, 1.807) is 12.1 Å². The van der Waals surface area contributed by atoms with Gasteiger partial charge in [-0.05, 0) is 23.3 Å². The number of halogens is 1. The Labute approximate surface area is 122 Å². The number of rotatable bonds is 6. The summed E-state index contributed by atoms with van der Waals surface area (Å²) in [6.45, 7) is 0.283. The summed E-state index contributed by atoms with van der Waals surface area (Å²) < 4.78 is 5.49. The van der Waals surface area contributed by atoms with Gasteiger partial charge in [0, 0.05) is 11.4 Å². The van der Waals surface area contributed by atoms with Crippen molar-refractivity contribution in [2.24, 2.45) is 0 Å². The van der Waals surface area contributed by atoms with Gasteiger partial charge in [-0.2, -0.15) is 0 Å². The van der Waals surface area contributed by atoms with Crippen molar-refractivity contribution in [3.8, 4) is 0 Å². The summed E-state index contributed by atoms with van der Waals surface area (Å²) in [5.74, 6) is -0.962. The van der Waals surface area contributed by atoms with E-state index in [2.05, 4.69) is 0 Å². The molecule has 0 aliphatic carbocycles. The van der Waals surface area contributed by atoms with Crippen LogP contribution >= 0.6 is 11.6 Å². The Kier molecular flexibility index (Phi) is 5.16. The Morgan fingerprint density at radius 2 is 1.70 bits per heavy atom. The number of carboxylic acids is 1. The zero-order chi connectivity index (χ0) is 14.4. The summed E-state index contributed by atoms with van der Waals surface area (Å²) in [5.41, 5.74) is 1.84. The lowest BCUT2D eigenvalue weighted by Crippen LogP contribution is -2.26. The Bertz CT molecular complexity index is 552. The van der Waals surface area contributed by atoms with Crippen molar-refractivity contribution >= 4 is 17.6 Å². The molecular weight excluding hydrogens is 276 g/mol. The van der Waals surface area contributed by atoms with Crippen LogP contribution in [-0.4, -0.2) is 17.2 Å². The molecule has 3 nitrogen and oxygen atoms in total. The van der Waals surface area contributed by atoms with Gasteiger partial charge in [0.05, 0.1) is 6.61 Å². The minimum Gasteiger partial charge on any atom is -0.479 e. The Hall–Kier alpha value is -1.84. The monoisotopic (exact) mass is 290 g/mol. The molecule has 4 heteroatoms. The molecule has 0 fully saturated rings. The molecule has 2 aromatic carbocycles. The number of hydrogen-bond acceptors (Lipinski definition) is 2. The van der Waals surface area contributed by atoms with E-state index in [0.717, 1.165) is 11.1 Å². The van der Waals surface area contributed by atoms with Crippen molar-refractivity contribution < 1.29 is 14.6 Å². The summed E-state index contributed by atoms with van der Waals surface area (Å²) in [6, 6.07) is 16.6. The molecular formula is C16H15ClO3. The van der Waals surface area contributed by atoms with Crippen LogP contribution in [0, 0.1) is 0 Å². The maximum absolute atomic E-state index is 11.2. The lowest BCUT2D eigenvalue weighted by atomic mass is 10.1. The number of benzene rings is 2. The predicted molar refractivity (Wildman–Crippen MR) is 77.8 cm³/mol. The normalized spacial score (nSPS) is 12.1. The highest BCUT2D eigenvalue weighted by molar-refractivity contribution is 6.30. The summed E-state index contributed by atoms with van der Waals surface area (Å²) >= 11 is 5.80. The van der Waals surface area contributed by atoms with Gasteiger partial charge in [0.25, 0.3) is 0 Å². The lowest BCUT2D eigenvalue weighted by Gasteiger charge is -2.14. The number of aliphatic carboxylic acids is 1. The quantitative estimate of drug-likeness (QED) is 0.885. The molecule has 0 bridgehead atoms. The second-order valence-corrected chi connectivity index (χ2v) is 4.89. The van der Waals surface area contributed by atoms with E-state index in [4.69, 9.17) is 16.3 Å². The lowest BCUT2D eigenvalue weighted by molar-refractivity contribution is -0.151. The van der Waals surface area contributed by atoms with Crippen LogP contribution in [0.2, 0.25) is 5.02 Å². The molecule has 0 heterocycles. The molecule has 0 saturated heterocycles. The topological polar surface area (TPSA) is 46.5 Å². The third-order valence-corrected chi connectivity index (χ3v) is 3.16. The van der Waals surface area contributed by atoms with Gasteiger partial charge < -0.3 is 9.84 Å². The minimum atomic E-state index is -0.962. The van der Waals surface area contributed by atoms with Crippen molar-refractivity contribution in [2.75, 3.05) is 0 Å². The second-order valence-electron chi connectivity index (χ2n) is 4.45. The fourth-order valence-electron chi connectivity index (χ4n) is 1.82. The molecule has 2 aromatic rings. The standard InChI is InChI=1S/C16H15ClO3/c17-14-8-6-12(7-9-14)10-15(16(18)19)20-11-13-4-2-1-3-5-13/h1-9,15H,10-11H2,(H,18,19). The average molecular weight is 291 g/mol. The highest BCUT2D eigenvalue weighted by Gasteiger charge is 2.18. The van der Waals surface area contributed by atoms with Crippen LogP contribution in [0.3, 0.4) is 0 Å². The third kappa shape index (κ3) is 4.37. The second kappa shape index (κ2) is 7.08. The summed E-state index contributed by atoms with van der Waals surface area (Å²) in [7, 11) is 0. The fourth-order valence-corrected chi connectivity index (χ4v) is 1.95. The van der Waals surface area contributed by atoms with Gasteiger partial charge in [-0.1, -0.05) is 54.1 Å². The first kappa shape index (κ1) is 14.6. The van der Waals surface area contributed by atoms with Crippen molar-refractivity contribution in [3.63, 3.8) is 0 Å². The summed E-state index contributed by atoms with van der Waals surface area (Å²) in [5, 5.41) is 9.85. The average Bonchev–Trinajstić information content (AvgIpc) is 2.46. The first-order chi connectivity index (χ1) is 9.65. The molecule has 20 heavy (non-hydrogen) atoms. The van der Waals surface area contributed by atoms with Crippen LogP contribution in [0.5, 0.6) is 0 Å². The van der Waals surface area contributed by atoms with Crippen LogP contribution < -0.4 is 0 Å². The molecule has 0 amide bonds. The Morgan fingerprint density at radius 1 is 1.05 bits per heavy atom. The number of ether oxygens (including phenoxy) is 1. The van der Waals surface area contributed by atoms with Gasteiger partial charge in [0.15, 0.2) is 6.10 Å². The van der Waals surface area contributed by atoms with Crippen molar-refractivity contribution in [1.82, 2.24) is 0 Å². The van der Waals surface area contributed by atoms with E-state index in [1.807, 2.05) is 42.5 Å². The molecule has 104 valence electrons. The van der Waals surface area contributed by atoms with E-state index in [1.165, 1.54) is 0 Å². The van der Waals surface area contributed by atoms with Gasteiger partial charge in [0.2, 0.25) is 0 Å². The maximum atomic E-state index is 11.2. The zero-order valence-corrected chi connectivity index (χ0v) is 11.6. The van der Waals surface area contributed by atoms with Crippen molar-refractivity contribution in [1.29, 1.82) is 0 Å². The SMILES string of the molecule is O=C(O)C(Cc1ccc(Cl)cc1)OCc1ccccc1. The van der Waals surface area contributed by atoms with E-state index < -0.39 is 12.1 Å². The third-order valence-electron chi connectivity index (χ3n) is 2.90. The highest BCUT2D eigenvalue weighted by Crippen LogP contribution is 2.13. The highest BCUT2D eigenvalue weighted by atomic mass is 35.5. The summed E-state index contributed by atoms with van der Waals surface area (Å²) in [6.07, 6.45) is -0.546. The molecule has 2 rings (SSSR count). The minimum absolute atomic E-state index is 0.283. The fraction of sp³-hybridized carbons (Fsp3) is 0.188. The van der Waals surface area contributed by atoms with Gasteiger partial charge in [-0.25, -0.2) is 4.79 Å². The van der Waals surface area contributed by atoms with E-state index in [9.17, 15) is 9.90 Å². The first-order valence-electron chi connectivity index (χ1n) is 6.28. The molecule has 1 atom stereocenters. The van der Waals surface area contributed by atoms with Gasteiger partial charge in [-0.3, -0.25) is 0 Å².